The van der Waals surface area contributed by atoms with Crippen molar-refractivity contribution in [2.45, 2.75) is 44.2 Å². The summed E-state index contributed by atoms with van der Waals surface area (Å²) in [7, 11) is 0. The molecule has 2 aliphatic carbocycles. The van der Waals surface area contributed by atoms with Crippen LogP contribution in [0.4, 0.5) is 0 Å². The van der Waals surface area contributed by atoms with Crippen LogP contribution in [0.5, 0.6) is 0 Å². The zero-order valence-corrected chi connectivity index (χ0v) is 11.0. The fraction of sp³-hybridized carbons (Fsp3) is 0.923. The molecule has 4 heteroatoms. The van der Waals surface area contributed by atoms with Crippen LogP contribution in [0.25, 0.3) is 0 Å². The van der Waals surface area contributed by atoms with E-state index in [0.717, 1.165) is 24.1 Å². The third-order valence-corrected chi connectivity index (χ3v) is 5.90. The standard InChI is InChI=1S/C13H21NO2S/c15-13(16)7-11-8-17-4-3-14(11)12-6-9-1-2-10(12)5-9/h9-12H,1-8H2,(H,15,16). The molecule has 0 aromatic carbocycles. The quantitative estimate of drug-likeness (QED) is 0.838. The molecule has 2 saturated carbocycles. The number of carboxylic acid groups (broad SMARTS) is 1. The molecule has 96 valence electrons. The fourth-order valence-electron chi connectivity index (χ4n) is 4.10. The largest absolute Gasteiger partial charge is 0.481 e. The highest BCUT2D eigenvalue weighted by Gasteiger charge is 2.44. The van der Waals surface area contributed by atoms with Crippen molar-refractivity contribution in [1.29, 1.82) is 0 Å². The molecule has 3 nitrogen and oxygen atoms in total. The Balaban J connectivity index is 1.68. The first-order valence-corrected chi connectivity index (χ1v) is 7.95. The highest BCUT2D eigenvalue weighted by atomic mass is 32.2. The predicted molar refractivity (Wildman–Crippen MR) is 69.3 cm³/mol. The lowest BCUT2D eigenvalue weighted by Gasteiger charge is -2.42. The minimum atomic E-state index is -0.634. The number of hydrogen-bond acceptors (Lipinski definition) is 3. The second-order valence-electron chi connectivity index (χ2n) is 5.81. The van der Waals surface area contributed by atoms with E-state index in [0.29, 0.717) is 12.5 Å². The fourth-order valence-corrected chi connectivity index (χ4v) is 5.19. The first-order chi connectivity index (χ1) is 8.24. The van der Waals surface area contributed by atoms with Crippen LogP contribution < -0.4 is 0 Å². The number of thioether (sulfide) groups is 1. The molecular formula is C13H21NO2S. The van der Waals surface area contributed by atoms with Gasteiger partial charge in [-0.15, -0.1) is 0 Å². The summed E-state index contributed by atoms with van der Waals surface area (Å²) < 4.78 is 0. The van der Waals surface area contributed by atoms with Crippen LogP contribution in [0.15, 0.2) is 0 Å². The molecule has 1 aliphatic heterocycles. The maximum absolute atomic E-state index is 11.0. The van der Waals surface area contributed by atoms with Gasteiger partial charge in [0.05, 0.1) is 6.42 Å². The van der Waals surface area contributed by atoms with E-state index in [1.165, 1.54) is 31.4 Å². The van der Waals surface area contributed by atoms with E-state index in [9.17, 15) is 4.79 Å². The van der Waals surface area contributed by atoms with Crippen molar-refractivity contribution >= 4 is 17.7 Å². The Bertz CT molecular complexity index is 310. The molecule has 0 aromatic heterocycles. The van der Waals surface area contributed by atoms with E-state index in [4.69, 9.17) is 5.11 Å². The topological polar surface area (TPSA) is 40.5 Å². The second kappa shape index (κ2) is 4.81. The van der Waals surface area contributed by atoms with Gasteiger partial charge in [0.25, 0.3) is 0 Å². The van der Waals surface area contributed by atoms with Crippen LogP contribution in [0.3, 0.4) is 0 Å². The summed E-state index contributed by atoms with van der Waals surface area (Å²) in [5, 5.41) is 9.02. The predicted octanol–water partition coefficient (Wildman–Crippen LogP) is 2.07. The Morgan fingerprint density at radius 3 is 2.88 bits per heavy atom. The lowest BCUT2D eigenvalue weighted by atomic mass is 9.92. The van der Waals surface area contributed by atoms with Crippen LogP contribution >= 0.6 is 11.8 Å². The lowest BCUT2D eigenvalue weighted by Crippen LogP contribution is -2.51. The molecule has 1 N–H and O–H groups in total. The van der Waals surface area contributed by atoms with E-state index < -0.39 is 5.97 Å². The van der Waals surface area contributed by atoms with Crippen molar-refractivity contribution in [2.24, 2.45) is 11.8 Å². The molecule has 0 spiro atoms. The van der Waals surface area contributed by atoms with E-state index in [-0.39, 0.29) is 6.04 Å². The van der Waals surface area contributed by atoms with Crippen molar-refractivity contribution in [3.05, 3.63) is 0 Å². The van der Waals surface area contributed by atoms with Crippen LogP contribution in [-0.2, 0) is 4.79 Å². The van der Waals surface area contributed by atoms with Crippen molar-refractivity contribution in [3.63, 3.8) is 0 Å². The average molecular weight is 255 g/mol. The van der Waals surface area contributed by atoms with Crippen molar-refractivity contribution in [3.8, 4) is 0 Å². The van der Waals surface area contributed by atoms with Crippen molar-refractivity contribution < 1.29 is 9.90 Å². The first kappa shape index (κ1) is 11.8. The van der Waals surface area contributed by atoms with Gasteiger partial charge in [0, 0.05) is 30.1 Å². The van der Waals surface area contributed by atoms with Gasteiger partial charge in [0.1, 0.15) is 0 Å². The van der Waals surface area contributed by atoms with E-state index in [1.54, 1.807) is 0 Å². The number of fused-ring (bicyclic) bond motifs is 2. The van der Waals surface area contributed by atoms with Gasteiger partial charge < -0.3 is 5.11 Å². The summed E-state index contributed by atoms with van der Waals surface area (Å²) in [6.07, 6.45) is 5.90. The molecule has 4 unspecified atom stereocenters. The number of carbonyl (C=O) groups is 1. The number of aliphatic carboxylic acids is 1. The van der Waals surface area contributed by atoms with Crippen molar-refractivity contribution in [2.75, 3.05) is 18.1 Å². The van der Waals surface area contributed by atoms with Crippen LogP contribution in [0.2, 0.25) is 0 Å². The highest BCUT2D eigenvalue weighted by Crippen LogP contribution is 2.47. The van der Waals surface area contributed by atoms with Gasteiger partial charge in [-0.3, -0.25) is 9.69 Å². The summed E-state index contributed by atoms with van der Waals surface area (Å²) in [6.45, 7) is 1.11. The highest BCUT2D eigenvalue weighted by molar-refractivity contribution is 7.99. The molecule has 4 atom stereocenters. The molecule has 3 fully saturated rings. The molecule has 3 aliphatic rings. The lowest BCUT2D eigenvalue weighted by molar-refractivity contribution is -0.138. The monoisotopic (exact) mass is 255 g/mol. The van der Waals surface area contributed by atoms with Gasteiger partial charge in [-0.2, -0.15) is 11.8 Å². The average Bonchev–Trinajstić information content (AvgIpc) is 2.90. The number of rotatable bonds is 3. The maximum Gasteiger partial charge on any atom is 0.304 e. The third-order valence-electron chi connectivity index (χ3n) is 4.81. The van der Waals surface area contributed by atoms with Gasteiger partial charge in [0.15, 0.2) is 0 Å². The normalized spacial score (nSPS) is 41.9. The molecule has 1 heterocycles. The smallest absolute Gasteiger partial charge is 0.304 e. The Morgan fingerprint density at radius 2 is 2.24 bits per heavy atom. The van der Waals surface area contributed by atoms with Crippen LogP contribution in [-0.4, -0.2) is 46.1 Å². The summed E-state index contributed by atoms with van der Waals surface area (Å²) in [5.74, 6) is 3.39. The molecule has 0 radical (unpaired) electrons. The first-order valence-electron chi connectivity index (χ1n) is 6.79. The van der Waals surface area contributed by atoms with Gasteiger partial charge in [-0.25, -0.2) is 0 Å². The Morgan fingerprint density at radius 1 is 1.35 bits per heavy atom. The van der Waals surface area contributed by atoms with Gasteiger partial charge in [0.2, 0.25) is 0 Å². The maximum atomic E-state index is 11.0. The van der Waals surface area contributed by atoms with Crippen molar-refractivity contribution in [1.82, 2.24) is 4.90 Å². The zero-order chi connectivity index (χ0) is 11.8. The minimum absolute atomic E-state index is 0.288. The summed E-state index contributed by atoms with van der Waals surface area (Å²) in [4.78, 5) is 13.5. The Kier molecular flexibility index (Phi) is 3.35. The summed E-state index contributed by atoms with van der Waals surface area (Å²) in [6, 6.07) is 0.995. The number of hydrogen-bond donors (Lipinski definition) is 1. The SMILES string of the molecule is O=C(O)CC1CSCCN1C1CC2CCC1C2. The molecular weight excluding hydrogens is 234 g/mol. The number of carboxylic acids is 1. The Labute approximate surface area is 107 Å². The molecule has 2 bridgehead atoms. The Hall–Kier alpha value is -0.220. The van der Waals surface area contributed by atoms with E-state index >= 15 is 0 Å². The minimum Gasteiger partial charge on any atom is -0.481 e. The van der Waals surface area contributed by atoms with Crippen LogP contribution in [0, 0.1) is 11.8 Å². The van der Waals surface area contributed by atoms with Gasteiger partial charge in [-0.05, 0) is 31.1 Å². The third kappa shape index (κ3) is 2.34. The second-order valence-corrected chi connectivity index (χ2v) is 6.96. The molecule has 3 rings (SSSR count). The zero-order valence-electron chi connectivity index (χ0n) is 10.2. The van der Waals surface area contributed by atoms with Crippen LogP contribution in [0.1, 0.15) is 32.1 Å². The molecule has 1 saturated heterocycles. The van der Waals surface area contributed by atoms with Gasteiger partial charge >= 0.3 is 5.97 Å². The molecule has 0 aromatic rings. The summed E-state index contributed by atoms with van der Waals surface area (Å²) >= 11 is 1.92. The summed E-state index contributed by atoms with van der Waals surface area (Å²) in [5.41, 5.74) is 0. The van der Waals surface area contributed by atoms with E-state index in [1.807, 2.05) is 11.8 Å². The number of nitrogens with zero attached hydrogens (tertiary/aromatic N) is 1. The molecule has 0 amide bonds. The van der Waals surface area contributed by atoms with Gasteiger partial charge in [-0.1, -0.05) is 6.42 Å². The van der Waals surface area contributed by atoms with E-state index in [2.05, 4.69) is 4.90 Å². The molecule has 17 heavy (non-hydrogen) atoms.